The Labute approximate surface area is 115 Å². The van der Waals surface area contributed by atoms with E-state index in [0.717, 1.165) is 10.6 Å². The molecular formula is C15H17N2OP. The fourth-order valence-electron chi connectivity index (χ4n) is 1.89. The van der Waals surface area contributed by atoms with Crippen molar-refractivity contribution >= 4 is 24.7 Å². The van der Waals surface area contributed by atoms with Crippen LogP contribution in [0.15, 0.2) is 60.7 Å². The van der Waals surface area contributed by atoms with Crippen molar-refractivity contribution in [2.24, 2.45) is 0 Å². The summed E-state index contributed by atoms with van der Waals surface area (Å²) in [6.07, 6.45) is 0. The number of carbonyl (C=O) groups is 1. The summed E-state index contributed by atoms with van der Waals surface area (Å²) in [5.41, 5.74) is 0. The molecule has 98 valence electrons. The maximum atomic E-state index is 11.9. The lowest BCUT2D eigenvalue weighted by atomic mass is 10.4. The molecule has 3 nitrogen and oxygen atoms in total. The van der Waals surface area contributed by atoms with Gasteiger partial charge in [-0.2, -0.15) is 0 Å². The first-order valence-corrected chi connectivity index (χ1v) is 7.39. The van der Waals surface area contributed by atoms with Gasteiger partial charge in [0.1, 0.15) is 0 Å². The van der Waals surface area contributed by atoms with Gasteiger partial charge >= 0.3 is 6.03 Å². The molecule has 0 aliphatic rings. The van der Waals surface area contributed by atoms with E-state index >= 15 is 0 Å². The second-order valence-electron chi connectivity index (χ2n) is 4.06. The van der Waals surface area contributed by atoms with E-state index in [1.165, 1.54) is 0 Å². The van der Waals surface area contributed by atoms with Crippen LogP contribution in [0, 0.1) is 0 Å². The molecule has 0 unspecified atom stereocenters. The zero-order valence-electron chi connectivity index (χ0n) is 11.1. The number of nitrogens with zero attached hydrogens (tertiary/aromatic N) is 1. The quantitative estimate of drug-likeness (QED) is 0.854. The van der Waals surface area contributed by atoms with E-state index in [9.17, 15) is 4.79 Å². The Morgan fingerprint density at radius 3 is 1.74 bits per heavy atom. The monoisotopic (exact) mass is 272 g/mol. The van der Waals surface area contributed by atoms with Gasteiger partial charge in [0, 0.05) is 24.7 Å². The molecule has 0 aliphatic heterocycles. The molecule has 0 bridgehead atoms. The summed E-state index contributed by atoms with van der Waals surface area (Å²) < 4.78 is 1.78. The lowest BCUT2D eigenvalue weighted by molar-refractivity contribution is 0.232. The van der Waals surface area contributed by atoms with Crippen LogP contribution in [-0.2, 0) is 0 Å². The summed E-state index contributed by atoms with van der Waals surface area (Å²) in [6, 6.07) is 20.2. The van der Waals surface area contributed by atoms with Gasteiger partial charge in [0.15, 0.2) is 0 Å². The minimum absolute atomic E-state index is 0.0705. The molecule has 0 fully saturated rings. The molecule has 2 aromatic carbocycles. The molecule has 2 amide bonds. The van der Waals surface area contributed by atoms with Crippen LogP contribution in [-0.4, -0.2) is 24.8 Å². The van der Waals surface area contributed by atoms with E-state index in [1.54, 1.807) is 11.7 Å². The van der Waals surface area contributed by atoms with Crippen molar-refractivity contribution in [1.29, 1.82) is 0 Å². The number of urea groups is 1. The summed E-state index contributed by atoms with van der Waals surface area (Å²) in [7, 11) is 2.66. The van der Waals surface area contributed by atoms with Crippen molar-refractivity contribution in [3.8, 4) is 0 Å². The minimum atomic E-state index is -0.836. The van der Waals surface area contributed by atoms with Crippen molar-refractivity contribution in [3.05, 3.63) is 60.7 Å². The molecule has 0 saturated carbocycles. The summed E-state index contributed by atoms with van der Waals surface area (Å²) >= 11 is 0. The normalized spacial score (nSPS) is 10.3. The van der Waals surface area contributed by atoms with E-state index in [4.69, 9.17) is 0 Å². The van der Waals surface area contributed by atoms with Gasteiger partial charge in [-0.25, -0.2) is 4.79 Å². The van der Waals surface area contributed by atoms with Crippen LogP contribution >= 0.6 is 8.07 Å². The predicted molar refractivity (Wildman–Crippen MR) is 81.3 cm³/mol. The highest BCUT2D eigenvalue weighted by Crippen LogP contribution is 2.36. The fraction of sp³-hybridized carbons (Fsp3) is 0.133. The molecule has 1 N–H and O–H groups in total. The van der Waals surface area contributed by atoms with Crippen molar-refractivity contribution in [3.63, 3.8) is 0 Å². The molecule has 2 rings (SSSR count). The topological polar surface area (TPSA) is 32.3 Å². The minimum Gasteiger partial charge on any atom is -0.341 e. The van der Waals surface area contributed by atoms with Gasteiger partial charge in [-0.1, -0.05) is 60.7 Å². The molecule has 19 heavy (non-hydrogen) atoms. The Balaban J connectivity index is 2.43. The van der Waals surface area contributed by atoms with Gasteiger partial charge in [0.25, 0.3) is 0 Å². The number of amides is 2. The third kappa shape index (κ3) is 3.12. The van der Waals surface area contributed by atoms with Gasteiger partial charge < -0.3 is 5.32 Å². The molecule has 2 aromatic rings. The first-order valence-electron chi connectivity index (χ1n) is 6.09. The van der Waals surface area contributed by atoms with Crippen molar-refractivity contribution in [2.45, 2.75) is 0 Å². The van der Waals surface area contributed by atoms with E-state index in [1.807, 2.05) is 43.4 Å². The Hall–Kier alpha value is -1.86. The van der Waals surface area contributed by atoms with Gasteiger partial charge in [0.2, 0.25) is 0 Å². The second-order valence-corrected chi connectivity index (χ2v) is 6.32. The summed E-state index contributed by atoms with van der Waals surface area (Å²) in [6.45, 7) is 0. The van der Waals surface area contributed by atoms with E-state index in [0.29, 0.717) is 0 Å². The molecule has 0 heterocycles. The highest BCUT2D eigenvalue weighted by molar-refractivity contribution is 7.71. The van der Waals surface area contributed by atoms with Crippen LogP contribution in [0.25, 0.3) is 0 Å². The average molecular weight is 272 g/mol. The third-order valence-electron chi connectivity index (χ3n) is 2.81. The molecule has 4 heteroatoms. The van der Waals surface area contributed by atoms with E-state index < -0.39 is 8.07 Å². The van der Waals surface area contributed by atoms with Crippen LogP contribution in [0.1, 0.15) is 0 Å². The number of carbonyl (C=O) groups excluding carboxylic acids is 1. The zero-order valence-corrected chi connectivity index (χ0v) is 12.0. The number of rotatable bonds is 3. The van der Waals surface area contributed by atoms with Crippen molar-refractivity contribution in [1.82, 2.24) is 9.99 Å². The molecule has 0 aromatic heterocycles. The Morgan fingerprint density at radius 1 is 0.947 bits per heavy atom. The third-order valence-corrected chi connectivity index (χ3v) is 5.17. The number of hydrogen-bond acceptors (Lipinski definition) is 1. The Bertz CT molecular complexity index is 491. The van der Waals surface area contributed by atoms with Crippen LogP contribution in [0.4, 0.5) is 4.79 Å². The average Bonchev–Trinajstić information content (AvgIpc) is 2.49. The number of benzene rings is 2. The highest BCUT2D eigenvalue weighted by Gasteiger charge is 2.22. The lowest BCUT2D eigenvalue weighted by Gasteiger charge is -2.28. The SMILES string of the molecule is CNC(=O)N(C)P(c1ccccc1)c1ccccc1. The van der Waals surface area contributed by atoms with Crippen LogP contribution in [0.3, 0.4) is 0 Å². The number of hydrogen-bond donors (Lipinski definition) is 1. The van der Waals surface area contributed by atoms with Crippen LogP contribution in [0.5, 0.6) is 0 Å². The maximum Gasteiger partial charge on any atom is 0.320 e. The van der Waals surface area contributed by atoms with E-state index in [2.05, 4.69) is 29.6 Å². The fourth-order valence-corrected chi connectivity index (χ4v) is 4.07. The van der Waals surface area contributed by atoms with Crippen LogP contribution < -0.4 is 15.9 Å². The molecule has 0 saturated heterocycles. The summed E-state index contributed by atoms with van der Waals surface area (Å²) in [4.78, 5) is 11.9. The largest absolute Gasteiger partial charge is 0.341 e. The number of nitrogens with one attached hydrogen (secondary N) is 1. The maximum absolute atomic E-state index is 11.9. The molecule has 0 atom stereocenters. The smallest absolute Gasteiger partial charge is 0.320 e. The van der Waals surface area contributed by atoms with Gasteiger partial charge in [-0.05, 0) is 0 Å². The first kappa shape index (κ1) is 13.6. The van der Waals surface area contributed by atoms with Crippen molar-refractivity contribution < 1.29 is 4.79 Å². The Morgan fingerprint density at radius 2 is 1.37 bits per heavy atom. The molecule has 0 radical (unpaired) electrons. The second kappa shape index (κ2) is 6.35. The molecule has 0 aliphatic carbocycles. The zero-order chi connectivity index (χ0) is 13.7. The molecular weight excluding hydrogens is 255 g/mol. The first-order chi connectivity index (χ1) is 9.24. The van der Waals surface area contributed by atoms with Gasteiger partial charge in [0.05, 0.1) is 8.07 Å². The van der Waals surface area contributed by atoms with Gasteiger partial charge in [-0.15, -0.1) is 0 Å². The standard InChI is InChI=1S/C15H17N2OP/c1-16-15(18)17(2)19(13-9-5-3-6-10-13)14-11-7-4-8-12-14/h3-12H,1-2H3,(H,16,18). The van der Waals surface area contributed by atoms with Gasteiger partial charge in [-0.3, -0.25) is 4.67 Å². The molecule has 0 spiro atoms. The van der Waals surface area contributed by atoms with E-state index in [-0.39, 0.29) is 6.03 Å². The Kier molecular flexibility index (Phi) is 4.53. The van der Waals surface area contributed by atoms with Crippen LogP contribution in [0.2, 0.25) is 0 Å². The van der Waals surface area contributed by atoms with Crippen molar-refractivity contribution in [2.75, 3.05) is 14.1 Å². The summed E-state index contributed by atoms with van der Waals surface area (Å²) in [5.74, 6) is 0. The summed E-state index contributed by atoms with van der Waals surface area (Å²) in [5, 5.41) is 5.01. The highest BCUT2D eigenvalue weighted by atomic mass is 31.1. The predicted octanol–water partition coefficient (Wildman–Crippen LogP) is 2.31. The lowest BCUT2D eigenvalue weighted by Crippen LogP contribution is -2.36.